The predicted molar refractivity (Wildman–Crippen MR) is 92.0 cm³/mol. The lowest BCUT2D eigenvalue weighted by atomic mass is 10.2. The molecule has 0 atom stereocenters. The Kier molecular flexibility index (Phi) is 5.62. The van der Waals surface area contributed by atoms with Gasteiger partial charge >= 0.3 is 6.36 Å². The van der Waals surface area contributed by atoms with Crippen molar-refractivity contribution in [1.82, 2.24) is 4.98 Å². The third kappa shape index (κ3) is 5.57. The largest absolute Gasteiger partial charge is 0.573 e. The Morgan fingerprint density at radius 3 is 2.39 bits per heavy atom. The fraction of sp³-hybridized carbons (Fsp3) is 0.158. The zero-order valence-electron chi connectivity index (χ0n) is 14.3. The second-order valence-electron chi connectivity index (χ2n) is 5.75. The molecule has 0 unspecified atom stereocenters. The first kappa shape index (κ1) is 19.4. The van der Waals surface area contributed by atoms with Gasteiger partial charge in [0.2, 0.25) is 5.91 Å². The van der Waals surface area contributed by atoms with Gasteiger partial charge in [-0.25, -0.2) is 9.37 Å². The number of rotatable bonds is 6. The standard InChI is InChI=1S/C19H14F4N2O3/c20-13-3-1-12(2-4-13)16-11-24-18(27-16)10-9-17(26)25-14-5-7-15(8-6-14)28-19(21,22)23/h1-8,11H,9-10H2,(H,25,26). The lowest BCUT2D eigenvalue weighted by Crippen LogP contribution is -2.17. The molecule has 0 fully saturated rings. The Bertz CT molecular complexity index is 935. The molecule has 28 heavy (non-hydrogen) atoms. The molecule has 1 N–H and O–H groups in total. The third-order valence-corrected chi connectivity index (χ3v) is 3.62. The van der Waals surface area contributed by atoms with E-state index in [-0.39, 0.29) is 30.3 Å². The van der Waals surface area contributed by atoms with Crippen molar-refractivity contribution in [1.29, 1.82) is 0 Å². The molecule has 3 rings (SSSR count). The van der Waals surface area contributed by atoms with E-state index < -0.39 is 6.36 Å². The summed E-state index contributed by atoms with van der Waals surface area (Å²) in [5.74, 6) is -0.304. The maximum Gasteiger partial charge on any atom is 0.573 e. The number of hydrogen-bond acceptors (Lipinski definition) is 4. The Labute approximate surface area is 157 Å². The minimum absolute atomic E-state index is 0.0597. The number of nitrogens with one attached hydrogen (secondary N) is 1. The molecule has 1 aromatic heterocycles. The number of nitrogens with zero attached hydrogens (tertiary/aromatic N) is 1. The van der Waals surface area contributed by atoms with Gasteiger partial charge in [-0.15, -0.1) is 13.2 Å². The normalized spacial score (nSPS) is 11.3. The summed E-state index contributed by atoms with van der Waals surface area (Å²) in [7, 11) is 0. The Hall–Kier alpha value is -3.36. The van der Waals surface area contributed by atoms with E-state index in [1.165, 1.54) is 30.5 Å². The van der Waals surface area contributed by atoms with Gasteiger partial charge in [-0.2, -0.15) is 0 Å². The minimum atomic E-state index is -4.77. The second-order valence-corrected chi connectivity index (χ2v) is 5.75. The smallest absolute Gasteiger partial charge is 0.441 e. The van der Waals surface area contributed by atoms with Crippen LogP contribution in [0.3, 0.4) is 0 Å². The molecule has 3 aromatic rings. The number of carbonyl (C=O) groups is 1. The first-order chi connectivity index (χ1) is 13.3. The fourth-order valence-electron chi connectivity index (χ4n) is 2.36. The summed E-state index contributed by atoms with van der Waals surface area (Å²) in [5.41, 5.74) is 0.990. The molecule has 2 aromatic carbocycles. The van der Waals surface area contributed by atoms with Gasteiger partial charge in [-0.3, -0.25) is 4.79 Å². The highest BCUT2D eigenvalue weighted by molar-refractivity contribution is 5.90. The van der Waals surface area contributed by atoms with Gasteiger partial charge in [-0.05, 0) is 48.5 Å². The number of hydrogen-bond donors (Lipinski definition) is 1. The monoisotopic (exact) mass is 394 g/mol. The van der Waals surface area contributed by atoms with E-state index in [0.29, 0.717) is 22.9 Å². The van der Waals surface area contributed by atoms with Gasteiger partial charge in [-0.1, -0.05) is 0 Å². The molecule has 1 amide bonds. The molecule has 0 saturated heterocycles. The zero-order chi connectivity index (χ0) is 20.1. The number of aromatic nitrogens is 1. The summed E-state index contributed by atoms with van der Waals surface area (Å²) >= 11 is 0. The predicted octanol–water partition coefficient (Wildman–Crippen LogP) is 4.95. The molecule has 0 aliphatic rings. The summed E-state index contributed by atoms with van der Waals surface area (Å²) in [6.07, 6.45) is -3.00. The number of oxazole rings is 1. The number of carbonyl (C=O) groups excluding carboxylic acids is 1. The molecule has 0 aliphatic heterocycles. The lowest BCUT2D eigenvalue weighted by Gasteiger charge is -2.09. The number of benzene rings is 2. The topological polar surface area (TPSA) is 64.4 Å². The van der Waals surface area contributed by atoms with Crippen molar-refractivity contribution in [2.45, 2.75) is 19.2 Å². The maximum atomic E-state index is 12.9. The molecular formula is C19H14F4N2O3. The van der Waals surface area contributed by atoms with Crippen LogP contribution in [-0.4, -0.2) is 17.3 Å². The highest BCUT2D eigenvalue weighted by Crippen LogP contribution is 2.24. The molecule has 5 nitrogen and oxygen atoms in total. The first-order valence-corrected chi connectivity index (χ1v) is 8.15. The van der Waals surface area contributed by atoms with E-state index in [9.17, 15) is 22.4 Å². The van der Waals surface area contributed by atoms with Crippen LogP contribution in [0.4, 0.5) is 23.2 Å². The number of ether oxygens (including phenoxy) is 1. The summed E-state index contributed by atoms with van der Waals surface area (Å²) < 4.78 is 58.6. The van der Waals surface area contributed by atoms with Crippen LogP contribution in [0.5, 0.6) is 5.75 Å². The quantitative estimate of drug-likeness (QED) is 0.601. The Morgan fingerprint density at radius 1 is 1.07 bits per heavy atom. The van der Waals surface area contributed by atoms with Crippen LogP contribution in [-0.2, 0) is 11.2 Å². The van der Waals surface area contributed by atoms with Crippen molar-refractivity contribution in [3.63, 3.8) is 0 Å². The van der Waals surface area contributed by atoms with Crippen molar-refractivity contribution in [2.24, 2.45) is 0 Å². The van der Waals surface area contributed by atoms with Gasteiger partial charge in [0, 0.05) is 24.1 Å². The van der Waals surface area contributed by atoms with E-state index in [4.69, 9.17) is 4.42 Å². The van der Waals surface area contributed by atoms with Crippen LogP contribution in [0, 0.1) is 5.82 Å². The van der Waals surface area contributed by atoms with Crippen LogP contribution >= 0.6 is 0 Å². The summed E-state index contributed by atoms with van der Waals surface area (Å²) in [5, 5.41) is 2.56. The summed E-state index contributed by atoms with van der Waals surface area (Å²) in [6.45, 7) is 0. The van der Waals surface area contributed by atoms with E-state index >= 15 is 0 Å². The van der Waals surface area contributed by atoms with E-state index in [2.05, 4.69) is 15.0 Å². The number of anilines is 1. The molecule has 0 aliphatic carbocycles. The van der Waals surface area contributed by atoms with Crippen LogP contribution in [0.25, 0.3) is 11.3 Å². The minimum Gasteiger partial charge on any atom is -0.441 e. The molecule has 0 saturated carbocycles. The summed E-state index contributed by atoms with van der Waals surface area (Å²) in [4.78, 5) is 16.1. The molecule has 9 heteroatoms. The molecule has 0 spiro atoms. The maximum absolute atomic E-state index is 12.9. The van der Waals surface area contributed by atoms with Crippen molar-refractivity contribution in [2.75, 3.05) is 5.32 Å². The number of amides is 1. The highest BCUT2D eigenvalue weighted by atomic mass is 19.4. The average molecular weight is 394 g/mol. The second kappa shape index (κ2) is 8.12. The average Bonchev–Trinajstić information content (AvgIpc) is 3.10. The Morgan fingerprint density at radius 2 is 1.75 bits per heavy atom. The van der Waals surface area contributed by atoms with Crippen molar-refractivity contribution in [3.05, 3.63) is 66.4 Å². The third-order valence-electron chi connectivity index (χ3n) is 3.62. The van der Waals surface area contributed by atoms with Crippen LogP contribution < -0.4 is 10.1 Å². The van der Waals surface area contributed by atoms with Crippen molar-refractivity contribution < 1.29 is 31.5 Å². The number of aryl methyl sites for hydroxylation is 1. The zero-order valence-corrected chi connectivity index (χ0v) is 14.3. The lowest BCUT2D eigenvalue weighted by molar-refractivity contribution is -0.274. The number of alkyl halides is 3. The van der Waals surface area contributed by atoms with E-state index in [1.54, 1.807) is 12.1 Å². The van der Waals surface area contributed by atoms with E-state index in [0.717, 1.165) is 12.1 Å². The van der Waals surface area contributed by atoms with Gasteiger partial charge in [0.25, 0.3) is 0 Å². The fourth-order valence-corrected chi connectivity index (χ4v) is 2.36. The number of halogens is 4. The summed E-state index contributed by atoms with van der Waals surface area (Å²) in [6, 6.07) is 10.5. The first-order valence-electron chi connectivity index (χ1n) is 8.15. The van der Waals surface area contributed by atoms with Crippen LogP contribution in [0.2, 0.25) is 0 Å². The molecular weight excluding hydrogens is 380 g/mol. The SMILES string of the molecule is O=C(CCc1ncc(-c2ccc(F)cc2)o1)Nc1ccc(OC(F)(F)F)cc1. The van der Waals surface area contributed by atoms with Gasteiger partial charge < -0.3 is 14.5 Å². The van der Waals surface area contributed by atoms with Crippen molar-refractivity contribution in [3.8, 4) is 17.1 Å². The highest BCUT2D eigenvalue weighted by Gasteiger charge is 2.30. The van der Waals surface area contributed by atoms with Crippen molar-refractivity contribution >= 4 is 11.6 Å². The molecule has 0 bridgehead atoms. The molecule has 146 valence electrons. The van der Waals surface area contributed by atoms with Gasteiger partial charge in [0.05, 0.1) is 6.20 Å². The van der Waals surface area contributed by atoms with Crippen LogP contribution in [0.15, 0.2) is 59.1 Å². The molecule has 0 radical (unpaired) electrons. The van der Waals surface area contributed by atoms with E-state index in [1.807, 2.05) is 0 Å². The molecule has 1 heterocycles. The van der Waals surface area contributed by atoms with Gasteiger partial charge in [0.15, 0.2) is 11.7 Å². The Balaban J connectivity index is 1.51. The van der Waals surface area contributed by atoms with Crippen LogP contribution in [0.1, 0.15) is 12.3 Å². The van der Waals surface area contributed by atoms with Gasteiger partial charge in [0.1, 0.15) is 11.6 Å².